The van der Waals surface area contributed by atoms with Crippen LogP contribution in [0.2, 0.25) is 0 Å². The van der Waals surface area contributed by atoms with Crippen LogP contribution in [0.15, 0.2) is 18.2 Å². The van der Waals surface area contributed by atoms with E-state index in [4.69, 9.17) is 5.11 Å². The van der Waals surface area contributed by atoms with Crippen molar-refractivity contribution in [2.24, 2.45) is 0 Å². The zero-order valence-corrected chi connectivity index (χ0v) is 10.8. The first-order valence-corrected chi connectivity index (χ1v) is 7.15. The molecule has 102 valence electrons. The van der Waals surface area contributed by atoms with Crippen LogP contribution in [0.25, 0.3) is 0 Å². The topological polar surface area (TPSA) is 74.7 Å². The molecule has 1 saturated heterocycles. The van der Waals surface area contributed by atoms with E-state index in [2.05, 4.69) is 0 Å². The molecule has 1 heterocycles. The molecule has 2 rings (SSSR count). The first-order valence-electron chi connectivity index (χ1n) is 5.66. The lowest BCUT2D eigenvalue weighted by atomic mass is 10.1. The van der Waals surface area contributed by atoms with E-state index in [1.807, 2.05) is 0 Å². The number of rotatable bonds is 2. The van der Waals surface area contributed by atoms with Crippen LogP contribution in [0.5, 0.6) is 0 Å². The van der Waals surface area contributed by atoms with Gasteiger partial charge in [0.05, 0.1) is 11.1 Å². The monoisotopic (exact) mass is 285 g/mol. The molecule has 0 aliphatic carbocycles. The van der Waals surface area contributed by atoms with Crippen molar-refractivity contribution in [2.75, 3.05) is 24.6 Å². The number of carbonyl (C=O) groups is 2. The van der Waals surface area contributed by atoms with Crippen LogP contribution in [0.1, 0.15) is 20.7 Å². The van der Waals surface area contributed by atoms with Crippen LogP contribution in [0, 0.1) is 5.82 Å². The zero-order chi connectivity index (χ0) is 14.0. The summed E-state index contributed by atoms with van der Waals surface area (Å²) in [5.41, 5.74) is -0.355. The summed E-state index contributed by atoms with van der Waals surface area (Å²) < 4.78 is 24.9. The third kappa shape index (κ3) is 2.98. The molecule has 1 amide bonds. The van der Waals surface area contributed by atoms with E-state index < -0.39 is 28.5 Å². The number of carbonyl (C=O) groups excluding carboxylic acids is 1. The van der Waals surface area contributed by atoms with Gasteiger partial charge < -0.3 is 10.0 Å². The summed E-state index contributed by atoms with van der Waals surface area (Å²) in [7, 11) is -0.914. The summed E-state index contributed by atoms with van der Waals surface area (Å²) >= 11 is 0. The average Bonchev–Trinajstić information content (AvgIpc) is 2.38. The minimum atomic E-state index is -1.24. The van der Waals surface area contributed by atoms with Gasteiger partial charge in [-0.3, -0.25) is 9.00 Å². The summed E-state index contributed by atoms with van der Waals surface area (Å²) in [5.74, 6) is -1.81. The van der Waals surface area contributed by atoms with Gasteiger partial charge >= 0.3 is 5.97 Å². The molecular weight excluding hydrogens is 273 g/mol. The Morgan fingerprint density at radius 1 is 1.26 bits per heavy atom. The first-order chi connectivity index (χ1) is 8.99. The van der Waals surface area contributed by atoms with Gasteiger partial charge in [-0.05, 0) is 18.2 Å². The van der Waals surface area contributed by atoms with Gasteiger partial charge in [-0.2, -0.15) is 0 Å². The van der Waals surface area contributed by atoms with Crippen molar-refractivity contribution in [2.45, 2.75) is 0 Å². The maximum atomic E-state index is 13.7. The van der Waals surface area contributed by atoms with E-state index in [0.29, 0.717) is 24.6 Å². The number of halogens is 1. The largest absolute Gasteiger partial charge is 0.478 e. The number of hydrogen-bond acceptors (Lipinski definition) is 3. The van der Waals surface area contributed by atoms with Gasteiger partial charge in [0.15, 0.2) is 0 Å². The van der Waals surface area contributed by atoms with Gasteiger partial charge in [-0.25, -0.2) is 9.18 Å². The second-order valence-electron chi connectivity index (χ2n) is 4.14. The molecule has 5 nitrogen and oxygen atoms in total. The lowest BCUT2D eigenvalue weighted by Crippen LogP contribution is -2.42. The van der Waals surface area contributed by atoms with Crippen molar-refractivity contribution in [3.8, 4) is 0 Å². The van der Waals surface area contributed by atoms with Crippen molar-refractivity contribution in [1.82, 2.24) is 4.90 Å². The Kier molecular flexibility index (Phi) is 3.94. The Bertz CT molecular complexity index is 551. The van der Waals surface area contributed by atoms with Crippen molar-refractivity contribution in [1.29, 1.82) is 0 Å². The Morgan fingerprint density at radius 3 is 2.42 bits per heavy atom. The second-order valence-corrected chi connectivity index (χ2v) is 5.84. The standard InChI is InChI=1S/C12H12FNO4S/c13-10-7-8(12(16)17)1-2-9(10)11(15)14-3-5-19(18)6-4-14/h1-2,7H,3-6H2,(H,16,17). The molecule has 1 aromatic rings. The molecule has 7 heteroatoms. The molecule has 0 bridgehead atoms. The number of amides is 1. The van der Waals surface area contributed by atoms with Crippen molar-refractivity contribution >= 4 is 22.7 Å². The van der Waals surface area contributed by atoms with Crippen molar-refractivity contribution in [3.05, 3.63) is 35.1 Å². The van der Waals surface area contributed by atoms with E-state index in [0.717, 1.165) is 6.07 Å². The van der Waals surface area contributed by atoms with Crippen LogP contribution < -0.4 is 0 Å². The highest BCUT2D eigenvalue weighted by Gasteiger charge is 2.23. The van der Waals surface area contributed by atoms with Gasteiger partial charge in [-0.15, -0.1) is 0 Å². The maximum Gasteiger partial charge on any atom is 0.335 e. The van der Waals surface area contributed by atoms with Crippen LogP contribution in [0.3, 0.4) is 0 Å². The summed E-state index contributed by atoms with van der Waals surface area (Å²) in [4.78, 5) is 24.2. The fourth-order valence-electron chi connectivity index (χ4n) is 1.83. The molecule has 0 atom stereocenters. The second kappa shape index (κ2) is 5.48. The molecule has 1 N–H and O–H groups in total. The fraction of sp³-hybridized carbons (Fsp3) is 0.333. The van der Waals surface area contributed by atoms with Crippen LogP contribution in [0.4, 0.5) is 4.39 Å². The van der Waals surface area contributed by atoms with Crippen LogP contribution in [-0.4, -0.2) is 50.7 Å². The van der Waals surface area contributed by atoms with E-state index in [1.165, 1.54) is 17.0 Å². The van der Waals surface area contributed by atoms with Crippen LogP contribution >= 0.6 is 0 Å². The fourth-order valence-corrected chi connectivity index (χ4v) is 2.89. The number of aromatic carboxylic acids is 1. The molecule has 0 radical (unpaired) electrons. The van der Waals surface area contributed by atoms with Gasteiger partial charge in [-0.1, -0.05) is 0 Å². The molecule has 0 unspecified atom stereocenters. The normalized spacial score (nSPS) is 16.4. The molecule has 19 heavy (non-hydrogen) atoms. The van der Waals surface area contributed by atoms with E-state index in [1.54, 1.807) is 0 Å². The number of carboxylic acid groups (broad SMARTS) is 1. The van der Waals surface area contributed by atoms with E-state index in [-0.39, 0.29) is 11.1 Å². The molecule has 0 spiro atoms. The Hall–Kier alpha value is -1.76. The van der Waals surface area contributed by atoms with Crippen molar-refractivity contribution < 1.29 is 23.3 Å². The maximum absolute atomic E-state index is 13.7. The summed E-state index contributed by atoms with van der Waals surface area (Å²) in [6, 6.07) is 3.20. The van der Waals surface area contributed by atoms with Crippen LogP contribution in [-0.2, 0) is 10.8 Å². The first kappa shape index (κ1) is 13.7. The molecule has 0 saturated carbocycles. The molecular formula is C12H12FNO4S. The van der Waals surface area contributed by atoms with Gasteiger partial charge in [0.2, 0.25) is 0 Å². The van der Waals surface area contributed by atoms with Gasteiger partial charge in [0, 0.05) is 35.4 Å². The average molecular weight is 285 g/mol. The number of carboxylic acids is 1. The zero-order valence-electron chi connectivity index (χ0n) is 9.97. The SMILES string of the molecule is O=C(O)c1ccc(C(=O)N2CCS(=O)CC2)c(F)c1. The Balaban J connectivity index is 2.19. The number of hydrogen-bond donors (Lipinski definition) is 1. The van der Waals surface area contributed by atoms with Crippen molar-refractivity contribution in [3.63, 3.8) is 0 Å². The highest BCUT2D eigenvalue weighted by atomic mass is 32.2. The third-order valence-electron chi connectivity index (χ3n) is 2.91. The Labute approximate surface area is 111 Å². The van der Waals surface area contributed by atoms with Gasteiger partial charge in [0.1, 0.15) is 5.82 Å². The summed E-state index contributed by atoms with van der Waals surface area (Å²) in [6.45, 7) is 0.650. The smallest absolute Gasteiger partial charge is 0.335 e. The molecule has 0 aromatic heterocycles. The summed E-state index contributed by atoms with van der Waals surface area (Å²) in [5, 5.41) is 8.72. The predicted octanol–water partition coefficient (Wildman–Crippen LogP) is 0.728. The molecule has 1 fully saturated rings. The lowest BCUT2D eigenvalue weighted by Gasteiger charge is -2.26. The Morgan fingerprint density at radius 2 is 1.89 bits per heavy atom. The minimum Gasteiger partial charge on any atom is -0.478 e. The van der Waals surface area contributed by atoms with E-state index in [9.17, 15) is 18.2 Å². The summed E-state index contributed by atoms with van der Waals surface area (Å²) in [6.07, 6.45) is 0. The number of benzene rings is 1. The quantitative estimate of drug-likeness (QED) is 0.869. The molecule has 1 aromatic carbocycles. The molecule has 1 aliphatic rings. The highest BCUT2D eigenvalue weighted by molar-refractivity contribution is 7.85. The molecule has 1 aliphatic heterocycles. The minimum absolute atomic E-state index is 0.155. The van der Waals surface area contributed by atoms with Gasteiger partial charge in [0.25, 0.3) is 5.91 Å². The highest BCUT2D eigenvalue weighted by Crippen LogP contribution is 2.14. The van der Waals surface area contributed by atoms with E-state index >= 15 is 0 Å². The third-order valence-corrected chi connectivity index (χ3v) is 4.19. The lowest BCUT2D eigenvalue weighted by molar-refractivity contribution is 0.0693. The number of nitrogens with zero attached hydrogens (tertiary/aromatic N) is 1. The predicted molar refractivity (Wildman–Crippen MR) is 67.1 cm³/mol.